The average molecular weight is 346 g/mol. The Hall–Kier alpha value is -2.24. The Bertz CT molecular complexity index is 675. The van der Waals surface area contributed by atoms with Gasteiger partial charge in [0.25, 0.3) is 5.91 Å². The smallest absolute Gasteiger partial charge is 0.254 e. The van der Waals surface area contributed by atoms with E-state index in [9.17, 15) is 14.7 Å². The molecule has 2 heterocycles. The molecule has 6 heteroatoms. The molecule has 2 aliphatic rings. The van der Waals surface area contributed by atoms with E-state index in [-0.39, 0.29) is 23.0 Å². The van der Waals surface area contributed by atoms with E-state index >= 15 is 0 Å². The number of likely N-dealkylation sites (tertiary alicyclic amines) is 2. The second kappa shape index (κ2) is 6.94. The molecule has 0 aromatic heterocycles. The van der Waals surface area contributed by atoms with Gasteiger partial charge in [0.2, 0.25) is 5.91 Å². The number of piperidine rings is 2. The summed E-state index contributed by atoms with van der Waals surface area (Å²) in [6.07, 6.45) is 3.43. The van der Waals surface area contributed by atoms with Crippen LogP contribution in [0.25, 0.3) is 0 Å². The molecule has 3 rings (SSSR count). The molecule has 0 bridgehead atoms. The second-order valence-corrected chi connectivity index (χ2v) is 7.12. The lowest BCUT2D eigenvalue weighted by Crippen LogP contribution is -2.55. The number of nitrogens with zero attached hydrogens (tertiary/aromatic N) is 2. The molecule has 2 aliphatic heterocycles. The molecule has 25 heavy (non-hydrogen) atoms. The monoisotopic (exact) mass is 346 g/mol. The minimum Gasteiger partial charge on any atom is -0.504 e. The largest absolute Gasteiger partial charge is 0.504 e. The number of aromatic hydroxyl groups is 1. The van der Waals surface area contributed by atoms with Gasteiger partial charge in [0, 0.05) is 43.6 Å². The molecule has 1 unspecified atom stereocenters. The van der Waals surface area contributed by atoms with Gasteiger partial charge >= 0.3 is 0 Å². The fraction of sp³-hybridized carbons (Fsp3) is 0.579. The van der Waals surface area contributed by atoms with Gasteiger partial charge in [-0.1, -0.05) is 0 Å². The van der Waals surface area contributed by atoms with Crippen molar-refractivity contribution in [1.29, 1.82) is 0 Å². The van der Waals surface area contributed by atoms with E-state index in [0.717, 1.165) is 38.9 Å². The number of phenolic OH excluding ortho intramolecular Hbond substituents is 1. The Kier molecular flexibility index (Phi) is 4.88. The minimum atomic E-state index is -0.0441. The first-order valence-electron chi connectivity index (χ1n) is 8.92. The number of ether oxygens (including phenoxy) is 1. The summed E-state index contributed by atoms with van der Waals surface area (Å²) in [6, 6.07) is 4.70. The molecule has 1 aromatic rings. The van der Waals surface area contributed by atoms with E-state index < -0.39 is 0 Å². The summed E-state index contributed by atoms with van der Waals surface area (Å²) in [5.41, 5.74) is 0.532. The Labute approximate surface area is 148 Å². The van der Waals surface area contributed by atoms with E-state index in [2.05, 4.69) is 0 Å². The summed E-state index contributed by atoms with van der Waals surface area (Å²) in [5.74, 6) is 0.508. The van der Waals surface area contributed by atoms with Gasteiger partial charge in [0.05, 0.1) is 7.11 Å². The molecule has 0 saturated carbocycles. The number of methoxy groups -OCH3 is 1. The van der Waals surface area contributed by atoms with Crippen LogP contribution in [0, 0.1) is 5.41 Å². The molecule has 2 fully saturated rings. The molecule has 2 amide bonds. The Morgan fingerprint density at radius 1 is 1.32 bits per heavy atom. The zero-order valence-corrected chi connectivity index (χ0v) is 15.0. The number of hydrogen-bond donors (Lipinski definition) is 1. The summed E-state index contributed by atoms with van der Waals surface area (Å²) in [4.78, 5) is 28.7. The molecule has 1 N–H and O–H groups in total. The van der Waals surface area contributed by atoms with Crippen molar-refractivity contribution >= 4 is 11.8 Å². The summed E-state index contributed by atoms with van der Waals surface area (Å²) >= 11 is 0. The van der Waals surface area contributed by atoms with E-state index in [1.54, 1.807) is 12.1 Å². The van der Waals surface area contributed by atoms with Crippen LogP contribution in [0.2, 0.25) is 0 Å². The first-order chi connectivity index (χ1) is 12.0. The Morgan fingerprint density at radius 3 is 2.84 bits per heavy atom. The summed E-state index contributed by atoms with van der Waals surface area (Å²) in [7, 11) is 1.47. The van der Waals surface area contributed by atoms with Crippen LogP contribution in [-0.4, -0.2) is 60.0 Å². The van der Waals surface area contributed by atoms with E-state index in [0.29, 0.717) is 24.3 Å². The van der Waals surface area contributed by atoms with Crippen molar-refractivity contribution in [3.63, 3.8) is 0 Å². The van der Waals surface area contributed by atoms with Crippen molar-refractivity contribution in [2.45, 2.75) is 32.6 Å². The van der Waals surface area contributed by atoms with Crippen LogP contribution in [0.15, 0.2) is 18.2 Å². The van der Waals surface area contributed by atoms with E-state index in [1.807, 2.05) is 16.7 Å². The second-order valence-electron chi connectivity index (χ2n) is 7.12. The van der Waals surface area contributed by atoms with Gasteiger partial charge in [-0.3, -0.25) is 9.59 Å². The number of carbonyl (C=O) groups is 2. The van der Waals surface area contributed by atoms with Crippen molar-refractivity contribution in [3.05, 3.63) is 23.8 Å². The minimum absolute atomic E-state index is 0.0127. The standard InChI is InChI=1S/C19H26N2O4/c1-3-20-12-19(9-7-17(20)23)8-4-10-21(13-19)18(24)14-5-6-15(22)16(11-14)25-2/h5-6,11,22H,3-4,7-10,12-13H2,1-2H3. The van der Waals surface area contributed by atoms with Crippen LogP contribution in [0.5, 0.6) is 11.5 Å². The lowest BCUT2D eigenvalue weighted by Gasteiger charge is -2.48. The van der Waals surface area contributed by atoms with Crippen molar-refractivity contribution in [3.8, 4) is 11.5 Å². The van der Waals surface area contributed by atoms with Crippen LogP contribution < -0.4 is 4.74 Å². The normalized spacial score (nSPS) is 23.8. The Morgan fingerprint density at radius 2 is 2.12 bits per heavy atom. The van der Waals surface area contributed by atoms with Crippen molar-refractivity contribution in [2.75, 3.05) is 33.3 Å². The predicted octanol–water partition coefficient (Wildman–Crippen LogP) is 2.27. The van der Waals surface area contributed by atoms with Gasteiger partial charge in [0.15, 0.2) is 11.5 Å². The van der Waals surface area contributed by atoms with E-state index in [1.165, 1.54) is 13.2 Å². The molecule has 2 saturated heterocycles. The highest BCUT2D eigenvalue weighted by Gasteiger charge is 2.42. The van der Waals surface area contributed by atoms with Crippen LogP contribution in [0.4, 0.5) is 0 Å². The van der Waals surface area contributed by atoms with Gasteiger partial charge in [-0.15, -0.1) is 0 Å². The zero-order chi connectivity index (χ0) is 18.0. The molecule has 6 nitrogen and oxygen atoms in total. The average Bonchev–Trinajstić information content (AvgIpc) is 2.64. The fourth-order valence-corrected chi connectivity index (χ4v) is 4.10. The number of phenols is 1. The summed E-state index contributed by atoms with van der Waals surface area (Å²) < 4.78 is 5.11. The molecular formula is C19H26N2O4. The molecule has 0 aliphatic carbocycles. The third kappa shape index (κ3) is 3.43. The van der Waals surface area contributed by atoms with Crippen LogP contribution >= 0.6 is 0 Å². The maximum Gasteiger partial charge on any atom is 0.254 e. The lowest BCUT2D eigenvalue weighted by atomic mass is 9.73. The quantitative estimate of drug-likeness (QED) is 0.911. The zero-order valence-electron chi connectivity index (χ0n) is 15.0. The van der Waals surface area contributed by atoms with Gasteiger partial charge in [-0.25, -0.2) is 0 Å². The van der Waals surface area contributed by atoms with Crippen molar-refractivity contribution < 1.29 is 19.4 Å². The summed E-state index contributed by atoms with van der Waals surface area (Å²) in [5, 5.41) is 9.72. The maximum atomic E-state index is 12.9. The first-order valence-corrected chi connectivity index (χ1v) is 8.92. The van der Waals surface area contributed by atoms with Crippen LogP contribution in [0.1, 0.15) is 43.0 Å². The lowest BCUT2D eigenvalue weighted by molar-refractivity contribution is -0.138. The maximum absolute atomic E-state index is 12.9. The van der Waals surface area contributed by atoms with E-state index in [4.69, 9.17) is 4.74 Å². The fourth-order valence-electron chi connectivity index (χ4n) is 4.10. The molecule has 136 valence electrons. The number of amides is 2. The van der Waals surface area contributed by atoms with Crippen molar-refractivity contribution in [1.82, 2.24) is 9.80 Å². The van der Waals surface area contributed by atoms with Crippen LogP contribution in [-0.2, 0) is 4.79 Å². The summed E-state index contributed by atoms with van der Waals surface area (Å²) in [6.45, 7) is 4.88. The SMILES string of the molecule is CCN1CC2(CCCN(C(=O)c3ccc(O)c(OC)c3)C2)CCC1=O. The van der Waals surface area contributed by atoms with Gasteiger partial charge in [0.1, 0.15) is 0 Å². The molecule has 1 atom stereocenters. The molecular weight excluding hydrogens is 320 g/mol. The number of rotatable bonds is 3. The highest BCUT2D eigenvalue weighted by atomic mass is 16.5. The molecule has 1 spiro atoms. The highest BCUT2D eigenvalue weighted by molar-refractivity contribution is 5.95. The van der Waals surface area contributed by atoms with Crippen molar-refractivity contribution in [2.24, 2.45) is 5.41 Å². The third-order valence-electron chi connectivity index (χ3n) is 5.51. The van der Waals surface area contributed by atoms with Crippen LogP contribution in [0.3, 0.4) is 0 Å². The first kappa shape index (κ1) is 17.6. The Balaban J connectivity index is 1.77. The van der Waals surface area contributed by atoms with Gasteiger partial charge in [-0.05, 0) is 44.4 Å². The molecule has 1 aromatic carbocycles. The van der Waals surface area contributed by atoms with Gasteiger partial charge in [-0.2, -0.15) is 0 Å². The van der Waals surface area contributed by atoms with Gasteiger partial charge < -0.3 is 19.6 Å². The predicted molar refractivity (Wildman–Crippen MR) is 93.7 cm³/mol. The third-order valence-corrected chi connectivity index (χ3v) is 5.51. The molecule has 0 radical (unpaired) electrons. The number of hydrogen-bond acceptors (Lipinski definition) is 4. The number of carbonyl (C=O) groups excluding carboxylic acids is 2. The highest BCUT2D eigenvalue weighted by Crippen LogP contribution is 2.39. The number of benzene rings is 1. The topological polar surface area (TPSA) is 70.1 Å².